The zero-order chi connectivity index (χ0) is 17.1. The molecule has 1 saturated heterocycles. The van der Waals surface area contributed by atoms with Gasteiger partial charge < -0.3 is 10.0 Å². The minimum atomic E-state index is -0.458. The molecule has 0 bridgehead atoms. The van der Waals surface area contributed by atoms with Gasteiger partial charge in [0.1, 0.15) is 5.82 Å². The van der Waals surface area contributed by atoms with Crippen molar-refractivity contribution < 1.29 is 14.3 Å². The van der Waals surface area contributed by atoms with Crippen LogP contribution in [-0.4, -0.2) is 59.6 Å². The number of halogens is 2. The molecule has 1 aliphatic heterocycles. The lowest BCUT2D eigenvalue weighted by Crippen LogP contribution is -2.47. The molecule has 1 aliphatic rings. The summed E-state index contributed by atoms with van der Waals surface area (Å²) in [5.41, 5.74) is 0.308. The predicted molar refractivity (Wildman–Crippen MR) is 89.2 cm³/mol. The number of likely N-dealkylation sites (N-methyl/N-ethyl adjacent to an activating group) is 1. The Morgan fingerprint density at radius 2 is 2.22 bits per heavy atom. The summed E-state index contributed by atoms with van der Waals surface area (Å²) >= 11 is 6.01. The summed E-state index contributed by atoms with van der Waals surface area (Å²) < 4.78 is 13.2. The van der Waals surface area contributed by atoms with E-state index in [-0.39, 0.29) is 29.0 Å². The van der Waals surface area contributed by atoms with Crippen LogP contribution in [0, 0.1) is 11.7 Å². The Balaban J connectivity index is 2.13. The maximum atomic E-state index is 13.2. The fourth-order valence-corrected chi connectivity index (χ4v) is 3.27. The van der Waals surface area contributed by atoms with Crippen molar-refractivity contribution in [1.82, 2.24) is 9.80 Å². The van der Waals surface area contributed by atoms with Gasteiger partial charge in [-0.3, -0.25) is 9.69 Å². The molecular formula is C17H24ClFN2O2. The molecule has 1 heterocycles. The number of rotatable bonds is 5. The van der Waals surface area contributed by atoms with Gasteiger partial charge in [0.05, 0.1) is 16.7 Å². The summed E-state index contributed by atoms with van der Waals surface area (Å²) in [6.07, 6.45) is 0.488. The number of hydrogen-bond acceptors (Lipinski definition) is 3. The molecule has 0 saturated carbocycles. The molecule has 23 heavy (non-hydrogen) atoms. The lowest BCUT2D eigenvalue weighted by atomic mass is 10.0. The Morgan fingerprint density at radius 1 is 1.52 bits per heavy atom. The van der Waals surface area contributed by atoms with Crippen molar-refractivity contribution in [2.24, 2.45) is 5.92 Å². The van der Waals surface area contributed by atoms with Gasteiger partial charge in [0.25, 0.3) is 5.91 Å². The van der Waals surface area contributed by atoms with Gasteiger partial charge in [-0.05, 0) is 30.5 Å². The molecule has 1 aromatic rings. The zero-order valence-corrected chi connectivity index (χ0v) is 14.6. The summed E-state index contributed by atoms with van der Waals surface area (Å²) in [6, 6.07) is 3.82. The van der Waals surface area contributed by atoms with Gasteiger partial charge >= 0.3 is 0 Å². The summed E-state index contributed by atoms with van der Waals surface area (Å²) in [7, 11) is 1.75. The predicted octanol–water partition coefficient (Wildman–Crippen LogP) is 2.64. The van der Waals surface area contributed by atoms with Crippen molar-refractivity contribution in [2.75, 3.05) is 26.7 Å². The van der Waals surface area contributed by atoms with Crippen molar-refractivity contribution >= 4 is 17.5 Å². The van der Waals surface area contributed by atoms with Gasteiger partial charge in [0.15, 0.2) is 0 Å². The SMILES string of the molecule is CC(C)C(CN1CC[C@H](O)C1)N(C)C(=O)c1ccc(F)cc1Cl. The van der Waals surface area contributed by atoms with Crippen LogP contribution >= 0.6 is 11.6 Å². The van der Waals surface area contributed by atoms with E-state index < -0.39 is 5.82 Å². The molecule has 6 heteroatoms. The Kier molecular flexibility index (Phi) is 6.00. The van der Waals surface area contributed by atoms with Gasteiger partial charge in [-0.25, -0.2) is 4.39 Å². The second-order valence-electron chi connectivity index (χ2n) is 6.55. The number of aliphatic hydroxyl groups excluding tert-OH is 1. The number of nitrogens with zero attached hydrogens (tertiary/aromatic N) is 2. The number of likely N-dealkylation sites (tertiary alicyclic amines) is 1. The monoisotopic (exact) mass is 342 g/mol. The normalized spacial score (nSPS) is 20.0. The standard InChI is InChI=1S/C17H24ClFN2O2/c1-11(2)16(10-21-7-6-13(22)9-21)20(3)17(23)14-5-4-12(19)8-15(14)18/h4-5,8,11,13,16,22H,6-7,9-10H2,1-3H3/t13-,16?/m0/s1. The first-order valence-electron chi connectivity index (χ1n) is 7.92. The minimum absolute atomic E-state index is 0.00563. The first kappa shape index (κ1) is 18.2. The lowest BCUT2D eigenvalue weighted by molar-refractivity contribution is 0.0633. The molecular weight excluding hydrogens is 319 g/mol. The Bertz CT molecular complexity index is 568. The van der Waals surface area contributed by atoms with Gasteiger partial charge in [-0.15, -0.1) is 0 Å². The second-order valence-corrected chi connectivity index (χ2v) is 6.96. The molecule has 2 atom stereocenters. The molecule has 1 aromatic carbocycles. The average molecular weight is 343 g/mol. The highest BCUT2D eigenvalue weighted by atomic mass is 35.5. The van der Waals surface area contributed by atoms with Crippen molar-refractivity contribution in [1.29, 1.82) is 0 Å². The Labute approximate surface area is 141 Å². The van der Waals surface area contributed by atoms with Gasteiger partial charge in [0, 0.05) is 32.7 Å². The third-order valence-electron chi connectivity index (χ3n) is 4.44. The summed E-state index contributed by atoms with van der Waals surface area (Å²) in [5, 5.41) is 9.79. The molecule has 2 rings (SSSR count). The summed E-state index contributed by atoms with van der Waals surface area (Å²) in [4.78, 5) is 16.6. The highest BCUT2D eigenvalue weighted by Crippen LogP contribution is 2.22. The number of carbonyl (C=O) groups excluding carboxylic acids is 1. The second kappa shape index (κ2) is 7.60. The van der Waals surface area contributed by atoms with Crippen LogP contribution in [0.3, 0.4) is 0 Å². The van der Waals surface area contributed by atoms with Crippen molar-refractivity contribution in [2.45, 2.75) is 32.4 Å². The maximum Gasteiger partial charge on any atom is 0.255 e. The lowest BCUT2D eigenvalue weighted by Gasteiger charge is -2.34. The highest BCUT2D eigenvalue weighted by molar-refractivity contribution is 6.33. The topological polar surface area (TPSA) is 43.8 Å². The molecule has 0 radical (unpaired) electrons. The molecule has 1 N–H and O–H groups in total. The third-order valence-corrected chi connectivity index (χ3v) is 4.75. The fraction of sp³-hybridized carbons (Fsp3) is 0.588. The Morgan fingerprint density at radius 3 is 2.74 bits per heavy atom. The van der Waals surface area contributed by atoms with Crippen LogP contribution < -0.4 is 0 Å². The van der Waals surface area contributed by atoms with E-state index in [1.165, 1.54) is 12.1 Å². The van der Waals surface area contributed by atoms with Crippen LogP contribution in [-0.2, 0) is 0 Å². The van der Waals surface area contributed by atoms with Crippen molar-refractivity contribution in [3.8, 4) is 0 Å². The number of amides is 1. The van der Waals surface area contributed by atoms with E-state index in [4.69, 9.17) is 11.6 Å². The van der Waals surface area contributed by atoms with Crippen LogP contribution in [0.25, 0.3) is 0 Å². The number of β-amino-alcohol motifs (C(OH)–C–C–N with tert-alkyl or cyclic N) is 1. The zero-order valence-electron chi connectivity index (χ0n) is 13.8. The van der Waals surface area contributed by atoms with Crippen LogP contribution in [0.5, 0.6) is 0 Å². The summed E-state index contributed by atoms with van der Waals surface area (Å²) in [5.74, 6) is -0.421. The van der Waals surface area contributed by atoms with E-state index in [0.717, 1.165) is 19.0 Å². The smallest absolute Gasteiger partial charge is 0.255 e. The first-order valence-corrected chi connectivity index (χ1v) is 8.30. The molecule has 0 aliphatic carbocycles. The van der Waals surface area contributed by atoms with E-state index in [1.54, 1.807) is 11.9 Å². The van der Waals surface area contributed by atoms with E-state index in [9.17, 15) is 14.3 Å². The fourth-order valence-electron chi connectivity index (χ4n) is 3.03. The average Bonchev–Trinajstić information content (AvgIpc) is 2.88. The van der Waals surface area contributed by atoms with E-state index in [1.807, 2.05) is 0 Å². The van der Waals surface area contributed by atoms with E-state index in [0.29, 0.717) is 18.7 Å². The third kappa shape index (κ3) is 4.43. The van der Waals surface area contributed by atoms with Crippen LogP contribution in [0.4, 0.5) is 4.39 Å². The molecule has 1 unspecified atom stereocenters. The van der Waals surface area contributed by atoms with Crippen LogP contribution in [0.1, 0.15) is 30.6 Å². The number of carbonyl (C=O) groups is 1. The van der Waals surface area contributed by atoms with Gasteiger partial charge in [0.2, 0.25) is 0 Å². The molecule has 1 amide bonds. The largest absolute Gasteiger partial charge is 0.392 e. The number of aliphatic hydroxyl groups is 1. The number of hydrogen-bond donors (Lipinski definition) is 1. The maximum absolute atomic E-state index is 13.2. The molecule has 128 valence electrons. The summed E-state index contributed by atoms with van der Waals surface area (Å²) in [6.45, 7) is 6.31. The number of benzene rings is 1. The molecule has 0 aromatic heterocycles. The highest BCUT2D eigenvalue weighted by Gasteiger charge is 2.29. The van der Waals surface area contributed by atoms with E-state index in [2.05, 4.69) is 18.7 Å². The van der Waals surface area contributed by atoms with Crippen molar-refractivity contribution in [3.05, 3.63) is 34.6 Å². The first-order chi connectivity index (χ1) is 10.8. The van der Waals surface area contributed by atoms with Gasteiger partial charge in [-0.2, -0.15) is 0 Å². The molecule has 4 nitrogen and oxygen atoms in total. The molecule has 0 spiro atoms. The van der Waals surface area contributed by atoms with E-state index >= 15 is 0 Å². The van der Waals surface area contributed by atoms with Crippen LogP contribution in [0.2, 0.25) is 5.02 Å². The minimum Gasteiger partial charge on any atom is -0.392 e. The van der Waals surface area contributed by atoms with Gasteiger partial charge in [-0.1, -0.05) is 25.4 Å². The quantitative estimate of drug-likeness (QED) is 0.894. The van der Waals surface area contributed by atoms with Crippen LogP contribution in [0.15, 0.2) is 18.2 Å². The molecule has 1 fully saturated rings. The van der Waals surface area contributed by atoms with Crippen molar-refractivity contribution in [3.63, 3.8) is 0 Å². The Hall–Kier alpha value is -1.17.